The Morgan fingerprint density at radius 3 is 2.41 bits per heavy atom. The molecule has 0 saturated heterocycles. The molecule has 1 aliphatic heterocycles. The van der Waals surface area contributed by atoms with Gasteiger partial charge in [-0.25, -0.2) is 13.6 Å². The van der Waals surface area contributed by atoms with Crippen LogP contribution in [0.2, 0.25) is 0 Å². The largest absolute Gasteiger partial charge is 0.493 e. The predicted octanol–water partition coefficient (Wildman–Crippen LogP) is 5.50. The highest BCUT2D eigenvalue weighted by atomic mass is 19.1. The van der Waals surface area contributed by atoms with Crippen molar-refractivity contribution in [2.24, 2.45) is 0 Å². The average Bonchev–Trinajstić information content (AvgIpc) is 2.99. The summed E-state index contributed by atoms with van der Waals surface area (Å²) in [5, 5.41) is 10.2. The van der Waals surface area contributed by atoms with Crippen LogP contribution in [0.4, 0.5) is 8.78 Å². The van der Waals surface area contributed by atoms with Crippen LogP contribution >= 0.6 is 0 Å². The Balaban J connectivity index is 1.47. The molecule has 1 aliphatic carbocycles. The fraction of sp³-hybridized carbons (Fsp3) is 0.250. The molecule has 9 heteroatoms. The zero-order valence-corrected chi connectivity index (χ0v) is 22.3. The summed E-state index contributed by atoms with van der Waals surface area (Å²) in [4.78, 5) is 27.8. The van der Waals surface area contributed by atoms with Crippen molar-refractivity contribution in [2.45, 2.75) is 44.0 Å². The topological polar surface area (TPSA) is 85.3 Å². The first-order valence-corrected chi connectivity index (χ1v) is 13.1. The maximum atomic E-state index is 14.7. The Bertz CT molecular complexity index is 1460. The van der Waals surface area contributed by atoms with Gasteiger partial charge in [0.05, 0.1) is 7.11 Å². The molecule has 212 valence electrons. The van der Waals surface area contributed by atoms with Crippen LogP contribution in [-0.2, 0) is 33.9 Å². The number of methoxy groups -OCH3 is 1. The highest BCUT2D eigenvalue weighted by molar-refractivity contribution is 5.88. The van der Waals surface area contributed by atoms with Crippen molar-refractivity contribution in [1.82, 2.24) is 4.90 Å². The van der Waals surface area contributed by atoms with Crippen LogP contribution in [0, 0.1) is 0 Å². The molecule has 0 fully saturated rings. The van der Waals surface area contributed by atoms with Gasteiger partial charge in [0.2, 0.25) is 0 Å². The minimum atomic E-state index is -1.81. The molecular formula is C32H29F2NO6. The number of hydrogen-bond acceptors (Lipinski definition) is 5. The quantitative estimate of drug-likeness (QED) is 0.372. The summed E-state index contributed by atoms with van der Waals surface area (Å²) in [6, 6.07) is 20.2. The lowest BCUT2D eigenvalue weighted by atomic mass is 9.91. The van der Waals surface area contributed by atoms with Crippen molar-refractivity contribution in [3.05, 3.63) is 119 Å². The zero-order chi connectivity index (χ0) is 28.9. The van der Waals surface area contributed by atoms with E-state index in [0.717, 1.165) is 17.7 Å². The van der Waals surface area contributed by atoms with E-state index in [1.165, 1.54) is 18.1 Å². The van der Waals surface area contributed by atoms with Gasteiger partial charge in [-0.1, -0.05) is 66.7 Å². The molecule has 0 spiro atoms. The number of nitrogens with zero attached hydrogens (tertiary/aromatic N) is 1. The molecule has 3 aromatic carbocycles. The van der Waals surface area contributed by atoms with Crippen LogP contribution in [0.1, 0.15) is 28.4 Å². The normalized spacial score (nSPS) is 20.5. The first-order valence-electron chi connectivity index (χ1n) is 13.1. The number of amides is 1. The SMILES string of the molecule is COc1ccc2c(c1OCc1ccccc1)C[C@H](C(=O)O)N(C(=O)[C@H](O[C@H]1C=CC(F)=C[C@H]1F)c1ccccc1)C2. The van der Waals surface area contributed by atoms with Gasteiger partial charge in [0.1, 0.15) is 24.6 Å². The minimum absolute atomic E-state index is 0.0394. The maximum absolute atomic E-state index is 14.7. The second-order valence-electron chi connectivity index (χ2n) is 9.78. The number of carboxylic acids is 1. The molecular weight excluding hydrogens is 532 g/mol. The zero-order valence-electron chi connectivity index (χ0n) is 22.3. The smallest absolute Gasteiger partial charge is 0.326 e. The summed E-state index contributed by atoms with van der Waals surface area (Å²) in [5.41, 5.74) is 2.67. The summed E-state index contributed by atoms with van der Waals surface area (Å²) in [6.45, 7) is 0.198. The number of rotatable bonds is 9. The van der Waals surface area contributed by atoms with Gasteiger partial charge in [0.25, 0.3) is 5.91 Å². The highest BCUT2D eigenvalue weighted by Crippen LogP contribution is 2.40. The van der Waals surface area contributed by atoms with E-state index >= 15 is 0 Å². The molecule has 1 amide bonds. The highest BCUT2D eigenvalue weighted by Gasteiger charge is 2.41. The summed E-state index contributed by atoms with van der Waals surface area (Å²) in [6.07, 6.45) is -1.34. The molecule has 4 atom stereocenters. The molecule has 0 bridgehead atoms. The van der Waals surface area contributed by atoms with Crippen LogP contribution < -0.4 is 9.47 Å². The Labute approximate surface area is 236 Å². The molecule has 7 nitrogen and oxygen atoms in total. The average molecular weight is 562 g/mol. The van der Waals surface area contributed by atoms with E-state index in [1.54, 1.807) is 42.5 Å². The second kappa shape index (κ2) is 12.3. The number of benzene rings is 3. The number of carbonyl (C=O) groups excluding carboxylic acids is 1. The first-order chi connectivity index (χ1) is 19.9. The maximum Gasteiger partial charge on any atom is 0.326 e. The third-order valence-corrected chi connectivity index (χ3v) is 7.15. The van der Waals surface area contributed by atoms with E-state index in [2.05, 4.69) is 0 Å². The number of ether oxygens (including phenoxy) is 3. The van der Waals surface area contributed by atoms with Crippen molar-refractivity contribution in [2.75, 3.05) is 7.11 Å². The Kier molecular flexibility index (Phi) is 8.45. The van der Waals surface area contributed by atoms with Crippen molar-refractivity contribution in [3.63, 3.8) is 0 Å². The number of aliphatic carboxylic acids is 1. The molecule has 0 aromatic heterocycles. The number of carboxylic acid groups (broad SMARTS) is 1. The van der Waals surface area contributed by atoms with Crippen LogP contribution in [0.15, 0.2) is 96.9 Å². The van der Waals surface area contributed by atoms with Gasteiger partial charge in [-0.15, -0.1) is 0 Å². The van der Waals surface area contributed by atoms with Crippen LogP contribution in [-0.4, -0.2) is 47.3 Å². The molecule has 3 aromatic rings. The lowest BCUT2D eigenvalue weighted by Crippen LogP contribution is -2.51. The number of halogens is 2. The van der Waals surface area contributed by atoms with E-state index in [1.807, 2.05) is 30.3 Å². The number of alkyl halides is 1. The van der Waals surface area contributed by atoms with Gasteiger partial charge in [-0.3, -0.25) is 4.79 Å². The van der Waals surface area contributed by atoms with Gasteiger partial charge in [-0.05, 0) is 41.0 Å². The lowest BCUT2D eigenvalue weighted by molar-refractivity contribution is -0.160. The molecule has 41 heavy (non-hydrogen) atoms. The molecule has 5 rings (SSSR count). The fourth-order valence-corrected chi connectivity index (χ4v) is 5.05. The molecule has 0 saturated carbocycles. The van der Waals surface area contributed by atoms with Crippen LogP contribution in [0.5, 0.6) is 11.5 Å². The first kappa shape index (κ1) is 28.0. The van der Waals surface area contributed by atoms with Crippen molar-refractivity contribution in [1.29, 1.82) is 0 Å². The van der Waals surface area contributed by atoms with Crippen LogP contribution in [0.3, 0.4) is 0 Å². The van der Waals surface area contributed by atoms with Gasteiger partial charge in [-0.2, -0.15) is 0 Å². The van der Waals surface area contributed by atoms with E-state index < -0.39 is 42.1 Å². The Hall–Kier alpha value is -4.50. The van der Waals surface area contributed by atoms with Gasteiger partial charge in [0.15, 0.2) is 23.8 Å². The van der Waals surface area contributed by atoms with E-state index in [9.17, 15) is 23.5 Å². The summed E-state index contributed by atoms with van der Waals surface area (Å²) in [7, 11) is 1.51. The van der Waals surface area contributed by atoms with E-state index in [0.29, 0.717) is 28.2 Å². The number of hydrogen-bond donors (Lipinski definition) is 1. The number of allylic oxidation sites excluding steroid dienone is 2. The lowest BCUT2D eigenvalue weighted by Gasteiger charge is -2.38. The third-order valence-electron chi connectivity index (χ3n) is 7.15. The number of fused-ring (bicyclic) bond motifs is 1. The third kappa shape index (κ3) is 6.15. The molecule has 1 N–H and O–H groups in total. The van der Waals surface area contributed by atoms with Gasteiger partial charge < -0.3 is 24.2 Å². The molecule has 2 aliphatic rings. The summed E-state index contributed by atoms with van der Waals surface area (Å²) < 4.78 is 45.8. The van der Waals surface area contributed by atoms with Crippen molar-refractivity contribution in [3.8, 4) is 11.5 Å². The summed E-state index contributed by atoms with van der Waals surface area (Å²) in [5.74, 6) is -1.72. The van der Waals surface area contributed by atoms with Crippen molar-refractivity contribution >= 4 is 11.9 Å². The Morgan fingerprint density at radius 2 is 1.76 bits per heavy atom. The molecule has 0 unspecified atom stereocenters. The second-order valence-corrected chi connectivity index (χ2v) is 9.78. The summed E-state index contributed by atoms with van der Waals surface area (Å²) >= 11 is 0. The van der Waals surface area contributed by atoms with E-state index in [-0.39, 0.29) is 19.6 Å². The standard InChI is InChI=1S/C32H29F2NO6/c1-39-28-14-12-22-18-35(26(32(37)38)17-24(22)30(28)40-19-20-8-4-2-5-9-20)31(36)29(21-10-6-3-7-11-21)41-27-15-13-23(33)16-25(27)34/h2-16,25-27,29H,17-19H2,1H3,(H,37,38)/t25-,26-,27+,29-/m1/s1. The van der Waals surface area contributed by atoms with Gasteiger partial charge in [0, 0.05) is 18.5 Å². The van der Waals surface area contributed by atoms with Crippen LogP contribution in [0.25, 0.3) is 0 Å². The van der Waals surface area contributed by atoms with Gasteiger partial charge >= 0.3 is 5.97 Å². The van der Waals surface area contributed by atoms with Crippen molar-refractivity contribution < 1.29 is 37.7 Å². The fourth-order valence-electron chi connectivity index (χ4n) is 5.05. The Morgan fingerprint density at radius 1 is 1.05 bits per heavy atom. The monoisotopic (exact) mass is 561 g/mol. The number of carbonyl (C=O) groups is 2. The van der Waals surface area contributed by atoms with E-state index in [4.69, 9.17) is 14.2 Å². The predicted molar refractivity (Wildman–Crippen MR) is 147 cm³/mol. The molecule has 0 radical (unpaired) electrons. The minimum Gasteiger partial charge on any atom is -0.493 e. The molecule has 1 heterocycles.